The van der Waals surface area contributed by atoms with Crippen molar-refractivity contribution in [1.82, 2.24) is 0 Å². The Morgan fingerprint density at radius 3 is 2.44 bits per heavy atom. The first-order valence-electron chi connectivity index (χ1n) is 3.08. The summed E-state index contributed by atoms with van der Waals surface area (Å²) in [7, 11) is -1.37. The average molecular weight is 162 g/mol. The van der Waals surface area contributed by atoms with Crippen LogP contribution in [0.25, 0.3) is 4.85 Å². The van der Waals surface area contributed by atoms with Crippen LogP contribution < -0.4 is 0 Å². The van der Waals surface area contributed by atoms with Crippen molar-refractivity contribution in [3.8, 4) is 0 Å². The molecule has 0 radical (unpaired) electrons. The third-order valence-electron chi connectivity index (χ3n) is 1.04. The Hall–Kier alpha value is -0.00312. The van der Waals surface area contributed by atoms with Crippen LogP contribution in [0.15, 0.2) is 0 Å². The normalized spacial score (nSPS) is 10.9. The molecule has 9 heavy (non-hydrogen) atoms. The summed E-state index contributed by atoms with van der Waals surface area (Å²) in [5.74, 6) is 0. The topological polar surface area (TPSA) is 4.36 Å². The first kappa shape index (κ1) is 9.00. The second kappa shape index (κ2) is 3.92. The number of nitrogens with zero attached hydrogens (tertiary/aromatic N) is 1. The van der Waals surface area contributed by atoms with E-state index in [1.807, 2.05) is 0 Å². The van der Waals surface area contributed by atoms with Gasteiger partial charge < -0.3 is 4.85 Å². The predicted molar refractivity (Wildman–Crippen MR) is 44.2 cm³/mol. The monoisotopic (exact) mass is 161 g/mol. The molecular weight excluding hydrogens is 150 g/mol. The maximum Gasteiger partial charge on any atom is 0.214 e. The fourth-order valence-electron chi connectivity index (χ4n) is 0.578. The molecule has 1 nitrogen and oxygen atoms in total. The van der Waals surface area contributed by atoms with Gasteiger partial charge in [-0.25, -0.2) is 6.57 Å². The number of hydrogen-bond donors (Lipinski definition) is 0. The molecule has 3 heteroatoms. The fourth-order valence-corrected chi connectivity index (χ4v) is 1.98. The van der Waals surface area contributed by atoms with Crippen LogP contribution in [0.5, 0.6) is 0 Å². The van der Waals surface area contributed by atoms with Crippen LogP contribution in [0.3, 0.4) is 0 Å². The fraction of sp³-hybridized carbons (Fsp3) is 0.833. The van der Waals surface area contributed by atoms with Crippen LogP contribution in [-0.4, -0.2) is 13.9 Å². The summed E-state index contributed by atoms with van der Waals surface area (Å²) in [6.07, 6.45) is 0.978. The molecule has 0 N–H and O–H groups in total. The van der Waals surface area contributed by atoms with Gasteiger partial charge in [0.05, 0.1) is 0 Å². The second-order valence-corrected chi connectivity index (χ2v) is 9.71. The van der Waals surface area contributed by atoms with Crippen LogP contribution in [0.2, 0.25) is 19.1 Å². The van der Waals surface area contributed by atoms with E-state index in [1.165, 1.54) is 0 Å². The third-order valence-corrected chi connectivity index (χ3v) is 3.15. The molecule has 0 aliphatic carbocycles. The van der Waals surface area contributed by atoms with Crippen molar-refractivity contribution in [3.63, 3.8) is 0 Å². The largest absolute Gasteiger partial charge is 0.317 e. The van der Waals surface area contributed by atoms with Gasteiger partial charge in [-0.05, 0) is 6.04 Å². The summed E-state index contributed by atoms with van der Waals surface area (Å²) in [4.78, 5) is 3.25. The standard InChI is InChI=1S/C6H12ClNSi/c1-8-5-4-6-9(2,3)7/h4-6H2,2-3H3. The maximum atomic E-state index is 6.51. The highest BCUT2D eigenvalue weighted by Crippen LogP contribution is 2.15. The Morgan fingerprint density at radius 2 is 2.11 bits per heavy atom. The van der Waals surface area contributed by atoms with Gasteiger partial charge in [-0.15, -0.1) is 0 Å². The minimum Gasteiger partial charge on any atom is -0.317 e. The van der Waals surface area contributed by atoms with Gasteiger partial charge in [0.1, 0.15) is 0 Å². The minimum absolute atomic E-state index is 0.642. The predicted octanol–water partition coefficient (Wildman–Crippen LogP) is 2.74. The molecule has 0 fully saturated rings. The van der Waals surface area contributed by atoms with Gasteiger partial charge in [-0.2, -0.15) is 11.1 Å². The van der Waals surface area contributed by atoms with Gasteiger partial charge in [0.15, 0.2) is 7.38 Å². The van der Waals surface area contributed by atoms with Gasteiger partial charge in [0.25, 0.3) is 0 Å². The van der Waals surface area contributed by atoms with E-state index in [0.717, 1.165) is 12.5 Å². The SMILES string of the molecule is [C-]#[N+]CCC[Si](C)(C)Cl. The number of rotatable bonds is 3. The first-order chi connectivity index (χ1) is 4.06. The van der Waals surface area contributed by atoms with Gasteiger partial charge >= 0.3 is 0 Å². The summed E-state index contributed by atoms with van der Waals surface area (Å²) in [6, 6.07) is 1.07. The molecule has 0 aromatic rings. The zero-order valence-electron chi connectivity index (χ0n) is 5.95. The van der Waals surface area contributed by atoms with Crippen LogP contribution in [0.4, 0.5) is 0 Å². The van der Waals surface area contributed by atoms with Gasteiger partial charge in [0.2, 0.25) is 6.54 Å². The molecule has 0 aliphatic rings. The smallest absolute Gasteiger partial charge is 0.214 e. The van der Waals surface area contributed by atoms with E-state index in [9.17, 15) is 0 Å². The molecule has 0 rings (SSSR count). The van der Waals surface area contributed by atoms with Crippen molar-refractivity contribution >= 4 is 18.5 Å². The Kier molecular flexibility index (Phi) is 3.92. The Labute approximate surface area is 62.6 Å². The highest BCUT2D eigenvalue weighted by molar-refractivity contribution is 7.19. The second-order valence-electron chi connectivity index (χ2n) is 2.70. The third kappa shape index (κ3) is 8.00. The van der Waals surface area contributed by atoms with E-state index in [1.54, 1.807) is 0 Å². The van der Waals surface area contributed by atoms with E-state index >= 15 is 0 Å². The van der Waals surface area contributed by atoms with Crippen molar-refractivity contribution in [2.75, 3.05) is 6.54 Å². The summed E-state index contributed by atoms with van der Waals surface area (Å²) in [5.41, 5.74) is 0. The van der Waals surface area contributed by atoms with Crippen LogP contribution in [0.1, 0.15) is 6.42 Å². The molecule has 0 spiro atoms. The van der Waals surface area contributed by atoms with Gasteiger partial charge in [-0.1, -0.05) is 13.1 Å². The number of halogens is 1. The van der Waals surface area contributed by atoms with Crippen LogP contribution in [0, 0.1) is 6.57 Å². The minimum atomic E-state index is -1.37. The zero-order valence-corrected chi connectivity index (χ0v) is 7.70. The van der Waals surface area contributed by atoms with Crippen molar-refractivity contribution < 1.29 is 0 Å². The first-order valence-corrected chi connectivity index (χ1v) is 7.30. The highest BCUT2D eigenvalue weighted by Gasteiger charge is 2.15. The lowest BCUT2D eigenvalue weighted by Gasteiger charge is -2.08. The Bertz CT molecular complexity index is 111. The van der Waals surface area contributed by atoms with Crippen molar-refractivity contribution in [3.05, 3.63) is 11.4 Å². The molecule has 0 unspecified atom stereocenters. The quantitative estimate of drug-likeness (QED) is 0.260. The molecular formula is C6H12ClNSi. The van der Waals surface area contributed by atoms with Crippen molar-refractivity contribution in [1.29, 1.82) is 0 Å². The lowest BCUT2D eigenvalue weighted by atomic mass is 10.5. The molecule has 0 aromatic heterocycles. The molecule has 0 atom stereocenters. The summed E-state index contributed by atoms with van der Waals surface area (Å²) >= 11 is 6.00. The molecule has 0 bridgehead atoms. The molecule has 0 aromatic carbocycles. The van der Waals surface area contributed by atoms with E-state index in [0.29, 0.717) is 6.54 Å². The molecule has 0 heterocycles. The summed E-state index contributed by atoms with van der Waals surface area (Å²) < 4.78 is 0. The van der Waals surface area contributed by atoms with Gasteiger partial charge in [-0.3, -0.25) is 0 Å². The lowest BCUT2D eigenvalue weighted by molar-refractivity contribution is 1.01. The summed E-state index contributed by atoms with van der Waals surface area (Å²) in [5, 5.41) is 0. The van der Waals surface area contributed by atoms with E-state index in [4.69, 9.17) is 17.7 Å². The Morgan fingerprint density at radius 1 is 1.56 bits per heavy atom. The van der Waals surface area contributed by atoms with Crippen molar-refractivity contribution in [2.45, 2.75) is 25.6 Å². The number of hydrogen-bond acceptors (Lipinski definition) is 0. The molecule has 0 saturated carbocycles. The van der Waals surface area contributed by atoms with E-state index in [-0.39, 0.29) is 0 Å². The van der Waals surface area contributed by atoms with Crippen LogP contribution >= 0.6 is 11.1 Å². The van der Waals surface area contributed by atoms with Gasteiger partial charge in [0, 0.05) is 6.42 Å². The molecule has 52 valence electrons. The molecule has 0 aliphatic heterocycles. The van der Waals surface area contributed by atoms with E-state index in [2.05, 4.69) is 17.9 Å². The highest BCUT2D eigenvalue weighted by atomic mass is 35.6. The average Bonchev–Trinajstić information content (AvgIpc) is 1.63. The zero-order chi connectivity index (χ0) is 7.33. The molecule has 0 saturated heterocycles. The van der Waals surface area contributed by atoms with Crippen molar-refractivity contribution in [2.24, 2.45) is 0 Å². The lowest BCUT2D eigenvalue weighted by Crippen LogP contribution is -2.15. The maximum absolute atomic E-state index is 6.51. The summed E-state index contributed by atoms with van der Waals surface area (Å²) in [6.45, 7) is 11.4. The van der Waals surface area contributed by atoms with Crippen LogP contribution in [-0.2, 0) is 0 Å². The van der Waals surface area contributed by atoms with E-state index < -0.39 is 7.38 Å². The molecule has 0 amide bonds. The Balaban J connectivity index is 3.20.